The van der Waals surface area contributed by atoms with Crippen molar-refractivity contribution in [2.24, 2.45) is 11.7 Å². The molecule has 1 aliphatic heterocycles. The molecule has 0 atom stereocenters. The number of aromatic nitrogens is 5. The minimum absolute atomic E-state index is 0.000815. The van der Waals surface area contributed by atoms with Crippen molar-refractivity contribution in [3.8, 4) is 0 Å². The molecular formula is C28H31ClFN9O. The molecule has 208 valence electrons. The van der Waals surface area contributed by atoms with Gasteiger partial charge < -0.3 is 21.3 Å². The van der Waals surface area contributed by atoms with Gasteiger partial charge in [-0.2, -0.15) is 4.98 Å². The van der Waals surface area contributed by atoms with Crippen molar-refractivity contribution in [1.82, 2.24) is 24.5 Å². The number of rotatable bonds is 7. The Labute approximate surface area is 236 Å². The number of hydrogen-bond donors (Lipinski definition) is 3. The normalized spacial score (nSPS) is 20.0. The highest BCUT2D eigenvalue weighted by Crippen LogP contribution is 2.38. The number of nitrogens with two attached hydrogens (primary N) is 1. The number of nitrogens with one attached hydrogen (secondary N) is 2. The minimum Gasteiger partial charge on any atom is -0.370 e. The molecule has 12 heteroatoms. The Bertz CT molecular complexity index is 1480. The summed E-state index contributed by atoms with van der Waals surface area (Å²) >= 11 is 6.32. The van der Waals surface area contributed by atoms with Gasteiger partial charge in [-0.3, -0.25) is 14.3 Å². The summed E-state index contributed by atoms with van der Waals surface area (Å²) in [4.78, 5) is 32.5. The SMILES string of the molecule is NC(=O)C1CCC(n2c(Nc3c(F)cccc3Cl)nc3cnc(NC4CCN(c5cccnc5)CC4)nc32)CC1. The Balaban J connectivity index is 1.26. The lowest BCUT2D eigenvalue weighted by Crippen LogP contribution is -2.39. The maximum Gasteiger partial charge on any atom is 0.224 e. The van der Waals surface area contributed by atoms with Gasteiger partial charge in [0.1, 0.15) is 11.3 Å². The molecule has 6 rings (SSSR count). The Kier molecular flexibility index (Phi) is 7.38. The molecule has 2 fully saturated rings. The van der Waals surface area contributed by atoms with Crippen LogP contribution in [0.1, 0.15) is 44.6 Å². The quantitative estimate of drug-likeness (QED) is 0.285. The number of halogens is 2. The number of pyridine rings is 1. The summed E-state index contributed by atoms with van der Waals surface area (Å²) in [7, 11) is 0. The number of carbonyl (C=O) groups is 1. The molecule has 2 aliphatic rings. The summed E-state index contributed by atoms with van der Waals surface area (Å²) in [6.07, 6.45) is 10.0. The van der Waals surface area contributed by atoms with Gasteiger partial charge >= 0.3 is 0 Å². The Morgan fingerprint density at radius 2 is 1.82 bits per heavy atom. The minimum atomic E-state index is -0.477. The van der Waals surface area contributed by atoms with E-state index in [9.17, 15) is 9.18 Å². The van der Waals surface area contributed by atoms with E-state index in [4.69, 9.17) is 27.3 Å². The smallest absolute Gasteiger partial charge is 0.224 e. The highest BCUT2D eigenvalue weighted by atomic mass is 35.5. The van der Waals surface area contributed by atoms with E-state index >= 15 is 0 Å². The van der Waals surface area contributed by atoms with Crippen LogP contribution in [-0.2, 0) is 4.79 Å². The number of anilines is 4. The molecule has 0 spiro atoms. The predicted octanol–water partition coefficient (Wildman–Crippen LogP) is 5.05. The third-order valence-corrected chi connectivity index (χ3v) is 8.25. The van der Waals surface area contributed by atoms with Gasteiger partial charge in [-0.15, -0.1) is 0 Å². The summed E-state index contributed by atoms with van der Waals surface area (Å²) in [5, 5.41) is 6.86. The largest absolute Gasteiger partial charge is 0.370 e. The fourth-order valence-electron chi connectivity index (χ4n) is 5.75. The van der Waals surface area contributed by atoms with Crippen LogP contribution in [0.15, 0.2) is 48.9 Å². The maximum atomic E-state index is 14.7. The zero-order valence-corrected chi connectivity index (χ0v) is 22.7. The van der Waals surface area contributed by atoms with Gasteiger partial charge in [0, 0.05) is 37.3 Å². The number of imidazole rings is 1. The van der Waals surface area contributed by atoms with Crippen molar-refractivity contribution in [2.75, 3.05) is 28.6 Å². The van der Waals surface area contributed by atoms with Crippen molar-refractivity contribution >= 4 is 51.9 Å². The maximum absolute atomic E-state index is 14.7. The van der Waals surface area contributed by atoms with Gasteiger partial charge in [-0.25, -0.2) is 14.4 Å². The van der Waals surface area contributed by atoms with Crippen molar-refractivity contribution in [2.45, 2.75) is 50.6 Å². The first-order valence-electron chi connectivity index (χ1n) is 13.6. The summed E-state index contributed by atoms with van der Waals surface area (Å²) in [6.45, 7) is 1.81. The van der Waals surface area contributed by atoms with E-state index in [0.29, 0.717) is 35.9 Å². The van der Waals surface area contributed by atoms with Gasteiger partial charge in [0.2, 0.25) is 17.8 Å². The molecule has 1 aromatic carbocycles. The first-order valence-corrected chi connectivity index (χ1v) is 14.0. The van der Waals surface area contributed by atoms with E-state index in [2.05, 4.69) is 31.6 Å². The molecule has 1 saturated heterocycles. The molecule has 10 nitrogen and oxygen atoms in total. The van der Waals surface area contributed by atoms with Gasteiger partial charge in [-0.05, 0) is 62.8 Å². The van der Waals surface area contributed by atoms with Crippen molar-refractivity contribution in [1.29, 1.82) is 0 Å². The first kappa shape index (κ1) is 26.2. The van der Waals surface area contributed by atoms with Crippen molar-refractivity contribution in [3.63, 3.8) is 0 Å². The van der Waals surface area contributed by atoms with E-state index in [1.54, 1.807) is 24.5 Å². The number of nitrogens with zero attached hydrogens (tertiary/aromatic N) is 6. The highest BCUT2D eigenvalue weighted by Gasteiger charge is 2.30. The molecule has 0 unspecified atom stereocenters. The number of amides is 1. The monoisotopic (exact) mass is 563 g/mol. The number of fused-ring (bicyclic) bond motifs is 1. The average molecular weight is 564 g/mol. The van der Waals surface area contributed by atoms with Crippen LogP contribution in [0.4, 0.5) is 27.7 Å². The number of carbonyl (C=O) groups excluding carboxylic acids is 1. The number of benzene rings is 1. The van der Waals surface area contributed by atoms with E-state index in [1.807, 2.05) is 16.8 Å². The number of hydrogen-bond acceptors (Lipinski definition) is 8. The average Bonchev–Trinajstić information content (AvgIpc) is 3.33. The molecule has 4 heterocycles. The fraction of sp³-hybridized carbons (Fsp3) is 0.393. The molecular weight excluding hydrogens is 533 g/mol. The lowest BCUT2D eigenvalue weighted by molar-refractivity contribution is -0.122. The van der Waals surface area contributed by atoms with E-state index in [1.165, 1.54) is 6.07 Å². The lowest BCUT2D eigenvalue weighted by Gasteiger charge is -2.33. The molecule has 4 aromatic rings. The van der Waals surface area contributed by atoms with Gasteiger partial charge in [0.05, 0.1) is 28.8 Å². The van der Waals surface area contributed by atoms with Crippen molar-refractivity contribution in [3.05, 3.63) is 59.8 Å². The second-order valence-electron chi connectivity index (χ2n) is 10.5. The molecule has 4 N–H and O–H groups in total. The summed E-state index contributed by atoms with van der Waals surface area (Å²) in [5.74, 6) is 0.0618. The van der Waals surface area contributed by atoms with Crippen LogP contribution >= 0.6 is 11.6 Å². The van der Waals surface area contributed by atoms with Crippen LogP contribution < -0.4 is 21.3 Å². The van der Waals surface area contributed by atoms with Gasteiger partial charge in [0.15, 0.2) is 5.65 Å². The van der Waals surface area contributed by atoms with E-state index in [-0.39, 0.29) is 34.6 Å². The predicted molar refractivity (Wildman–Crippen MR) is 153 cm³/mol. The Morgan fingerprint density at radius 1 is 1.02 bits per heavy atom. The van der Waals surface area contributed by atoms with Crippen LogP contribution in [0, 0.1) is 11.7 Å². The Morgan fingerprint density at radius 3 is 2.52 bits per heavy atom. The van der Waals surface area contributed by atoms with Crippen LogP contribution in [0.3, 0.4) is 0 Å². The van der Waals surface area contributed by atoms with Crippen LogP contribution in [0.25, 0.3) is 11.2 Å². The molecule has 1 amide bonds. The molecule has 1 saturated carbocycles. The third-order valence-electron chi connectivity index (χ3n) is 7.94. The first-order chi connectivity index (χ1) is 19.5. The Hall–Kier alpha value is -3.99. The molecule has 0 bridgehead atoms. The van der Waals surface area contributed by atoms with E-state index < -0.39 is 5.82 Å². The fourth-order valence-corrected chi connectivity index (χ4v) is 5.96. The molecule has 1 aliphatic carbocycles. The summed E-state index contributed by atoms with van der Waals surface area (Å²) in [6, 6.07) is 8.79. The van der Waals surface area contributed by atoms with Crippen LogP contribution in [0.5, 0.6) is 0 Å². The number of primary amides is 1. The standard InChI is InChI=1S/C28H31ClFN9O/c29-21-4-1-5-22(30)24(21)36-28-35-23-16-33-27(34-18-10-13-38(14-11-18)20-3-2-12-32-15-20)37-26(23)39(28)19-8-6-17(7-9-19)25(31)40/h1-5,12,15-19H,6-11,13-14H2,(H2,31,40)(H,35,36)(H,33,34,37). The zero-order valence-electron chi connectivity index (χ0n) is 21.9. The summed E-state index contributed by atoms with van der Waals surface area (Å²) in [5.41, 5.74) is 8.08. The third kappa shape index (κ3) is 5.38. The van der Waals surface area contributed by atoms with Crippen LogP contribution in [-0.4, -0.2) is 49.5 Å². The van der Waals surface area contributed by atoms with Crippen molar-refractivity contribution < 1.29 is 9.18 Å². The molecule has 3 aromatic heterocycles. The number of para-hydroxylation sites is 1. The van der Waals surface area contributed by atoms with E-state index in [0.717, 1.165) is 44.5 Å². The van der Waals surface area contributed by atoms with Gasteiger partial charge in [-0.1, -0.05) is 17.7 Å². The van der Waals surface area contributed by atoms with Crippen LogP contribution in [0.2, 0.25) is 5.02 Å². The topological polar surface area (TPSA) is 127 Å². The number of piperidine rings is 1. The van der Waals surface area contributed by atoms with Gasteiger partial charge in [0.25, 0.3) is 0 Å². The molecule has 0 radical (unpaired) electrons. The summed E-state index contributed by atoms with van der Waals surface area (Å²) < 4.78 is 16.7. The second kappa shape index (κ2) is 11.2. The zero-order chi connectivity index (χ0) is 27.6. The lowest BCUT2D eigenvalue weighted by atomic mass is 9.85. The second-order valence-corrected chi connectivity index (χ2v) is 10.9. The molecule has 40 heavy (non-hydrogen) atoms. The highest BCUT2D eigenvalue weighted by molar-refractivity contribution is 6.33.